The second-order valence-corrected chi connectivity index (χ2v) is 8.43. The average molecular weight is 346 g/mol. The van der Waals surface area contributed by atoms with Crippen LogP contribution in [0.3, 0.4) is 0 Å². The molecule has 0 radical (unpaired) electrons. The van der Waals surface area contributed by atoms with Crippen LogP contribution in [0.5, 0.6) is 0 Å². The van der Waals surface area contributed by atoms with Crippen LogP contribution in [0.25, 0.3) is 0 Å². The lowest BCUT2D eigenvalue weighted by Gasteiger charge is -2.18. The molecule has 0 N–H and O–H groups in total. The SMILES string of the molecule is CCc1ccc(CN(C)Cc2cccc(S(=O)(=O)N(C)C)c2)cc1. The van der Waals surface area contributed by atoms with Crippen molar-refractivity contribution >= 4 is 10.0 Å². The van der Waals surface area contributed by atoms with Crippen LogP contribution in [-0.4, -0.2) is 38.8 Å². The molecule has 0 spiro atoms. The maximum atomic E-state index is 12.2. The summed E-state index contributed by atoms with van der Waals surface area (Å²) in [6, 6.07) is 15.8. The molecule has 0 bridgehead atoms. The Morgan fingerprint density at radius 1 is 0.833 bits per heavy atom. The largest absolute Gasteiger partial charge is 0.298 e. The molecule has 0 aliphatic heterocycles. The Hall–Kier alpha value is -1.69. The minimum Gasteiger partial charge on any atom is -0.298 e. The zero-order valence-electron chi connectivity index (χ0n) is 14.9. The molecule has 2 aromatic carbocycles. The molecular weight excluding hydrogens is 320 g/mol. The van der Waals surface area contributed by atoms with E-state index in [0.717, 1.165) is 18.5 Å². The first-order valence-electron chi connectivity index (χ1n) is 8.10. The zero-order chi connectivity index (χ0) is 17.7. The van der Waals surface area contributed by atoms with Crippen molar-refractivity contribution in [2.75, 3.05) is 21.1 Å². The summed E-state index contributed by atoms with van der Waals surface area (Å²) in [5.41, 5.74) is 3.58. The molecule has 0 unspecified atom stereocenters. The predicted octanol–water partition coefficient (Wildman–Crippen LogP) is 3.13. The van der Waals surface area contributed by atoms with Crippen LogP contribution in [-0.2, 0) is 29.5 Å². The number of hydrogen-bond donors (Lipinski definition) is 0. The maximum Gasteiger partial charge on any atom is 0.242 e. The lowest BCUT2D eigenvalue weighted by Crippen LogP contribution is -2.22. The Morgan fingerprint density at radius 3 is 2.00 bits per heavy atom. The average Bonchev–Trinajstić information content (AvgIpc) is 2.55. The second kappa shape index (κ2) is 7.92. The summed E-state index contributed by atoms with van der Waals surface area (Å²) in [5.74, 6) is 0. The minimum atomic E-state index is -3.39. The van der Waals surface area contributed by atoms with Crippen LogP contribution >= 0.6 is 0 Å². The van der Waals surface area contributed by atoms with E-state index in [0.29, 0.717) is 11.4 Å². The van der Waals surface area contributed by atoms with Crippen LogP contribution in [0.15, 0.2) is 53.4 Å². The molecule has 0 heterocycles. The lowest BCUT2D eigenvalue weighted by atomic mass is 10.1. The minimum absolute atomic E-state index is 0.339. The number of hydrogen-bond acceptors (Lipinski definition) is 3. The van der Waals surface area contributed by atoms with Crippen LogP contribution < -0.4 is 0 Å². The highest BCUT2D eigenvalue weighted by Crippen LogP contribution is 2.16. The van der Waals surface area contributed by atoms with Gasteiger partial charge >= 0.3 is 0 Å². The third-order valence-corrected chi connectivity index (χ3v) is 5.82. The molecule has 0 saturated carbocycles. The quantitative estimate of drug-likeness (QED) is 0.773. The number of aryl methyl sites for hydroxylation is 1. The van der Waals surface area contributed by atoms with Crippen molar-refractivity contribution in [3.05, 3.63) is 65.2 Å². The third-order valence-electron chi connectivity index (χ3n) is 4.01. The molecule has 5 heteroatoms. The monoisotopic (exact) mass is 346 g/mol. The first-order chi connectivity index (χ1) is 11.3. The first-order valence-corrected chi connectivity index (χ1v) is 9.54. The van der Waals surface area contributed by atoms with Gasteiger partial charge in [-0.2, -0.15) is 0 Å². The summed E-state index contributed by atoms with van der Waals surface area (Å²) in [6.45, 7) is 3.68. The standard InChI is InChI=1S/C19H26N2O2S/c1-5-16-9-11-17(12-10-16)14-21(4)15-18-7-6-8-19(13-18)24(22,23)20(2)3/h6-13H,5,14-15H2,1-4H3. The molecule has 2 rings (SSSR count). The van der Waals surface area contributed by atoms with Crippen LogP contribution in [0.4, 0.5) is 0 Å². The highest BCUT2D eigenvalue weighted by Gasteiger charge is 2.17. The highest BCUT2D eigenvalue weighted by atomic mass is 32.2. The molecule has 0 amide bonds. The van der Waals surface area contributed by atoms with Gasteiger partial charge in [0.05, 0.1) is 4.90 Å². The summed E-state index contributed by atoms with van der Waals surface area (Å²) in [6.07, 6.45) is 1.04. The van der Waals surface area contributed by atoms with Crippen LogP contribution in [0.2, 0.25) is 0 Å². The van der Waals surface area contributed by atoms with E-state index in [4.69, 9.17) is 0 Å². The smallest absolute Gasteiger partial charge is 0.242 e. The lowest BCUT2D eigenvalue weighted by molar-refractivity contribution is 0.319. The highest BCUT2D eigenvalue weighted by molar-refractivity contribution is 7.89. The molecule has 0 atom stereocenters. The van der Waals surface area contributed by atoms with E-state index in [-0.39, 0.29) is 0 Å². The molecule has 24 heavy (non-hydrogen) atoms. The van der Waals surface area contributed by atoms with E-state index in [1.165, 1.54) is 15.4 Å². The first kappa shape index (κ1) is 18.6. The normalized spacial score (nSPS) is 12.1. The van der Waals surface area contributed by atoms with Gasteiger partial charge in [0.1, 0.15) is 0 Å². The molecule has 0 aromatic heterocycles. The van der Waals surface area contributed by atoms with Crippen molar-refractivity contribution in [3.63, 3.8) is 0 Å². The van der Waals surface area contributed by atoms with Gasteiger partial charge in [0.2, 0.25) is 10.0 Å². The van der Waals surface area contributed by atoms with E-state index >= 15 is 0 Å². The van der Waals surface area contributed by atoms with E-state index < -0.39 is 10.0 Å². The molecule has 4 nitrogen and oxygen atoms in total. The topological polar surface area (TPSA) is 40.6 Å². The number of benzene rings is 2. The van der Waals surface area contributed by atoms with E-state index in [1.54, 1.807) is 32.3 Å². The summed E-state index contributed by atoms with van der Waals surface area (Å²) >= 11 is 0. The van der Waals surface area contributed by atoms with Gasteiger partial charge in [0, 0.05) is 27.2 Å². The molecular formula is C19H26N2O2S. The van der Waals surface area contributed by atoms with E-state index in [9.17, 15) is 8.42 Å². The van der Waals surface area contributed by atoms with E-state index in [1.807, 2.05) is 13.1 Å². The Kier molecular flexibility index (Phi) is 6.15. The summed E-state index contributed by atoms with van der Waals surface area (Å²) in [7, 11) is 1.75. The number of rotatable bonds is 7. The van der Waals surface area contributed by atoms with Gasteiger partial charge in [-0.05, 0) is 42.3 Å². The molecule has 2 aromatic rings. The predicted molar refractivity (Wildman–Crippen MR) is 98.3 cm³/mol. The van der Waals surface area contributed by atoms with Crippen molar-refractivity contribution in [1.82, 2.24) is 9.21 Å². The van der Waals surface area contributed by atoms with Crippen molar-refractivity contribution in [2.24, 2.45) is 0 Å². The molecule has 0 aliphatic carbocycles. The van der Waals surface area contributed by atoms with Crippen molar-refractivity contribution in [3.8, 4) is 0 Å². The summed E-state index contributed by atoms with van der Waals surface area (Å²) < 4.78 is 25.7. The van der Waals surface area contributed by atoms with Crippen LogP contribution in [0, 0.1) is 0 Å². The van der Waals surface area contributed by atoms with Gasteiger partial charge in [-0.15, -0.1) is 0 Å². The maximum absolute atomic E-state index is 12.2. The Balaban J connectivity index is 2.07. The van der Waals surface area contributed by atoms with Gasteiger partial charge in [0.25, 0.3) is 0 Å². The fraction of sp³-hybridized carbons (Fsp3) is 0.368. The fourth-order valence-corrected chi connectivity index (χ4v) is 3.55. The van der Waals surface area contributed by atoms with Gasteiger partial charge in [-0.25, -0.2) is 12.7 Å². The van der Waals surface area contributed by atoms with Gasteiger partial charge in [-0.1, -0.05) is 43.3 Å². The zero-order valence-corrected chi connectivity index (χ0v) is 15.7. The van der Waals surface area contributed by atoms with Crippen molar-refractivity contribution < 1.29 is 8.42 Å². The Bertz CT molecular complexity index is 768. The third kappa shape index (κ3) is 4.66. The second-order valence-electron chi connectivity index (χ2n) is 6.28. The van der Waals surface area contributed by atoms with E-state index in [2.05, 4.69) is 36.1 Å². The summed E-state index contributed by atoms with van der Waals surface area (Å²) in [4.78, 5) is 2.52. The fourth-order valence-electron chi connectivity index (χ4n) is 2.57. The Morgan fingerprint density at radius 2 is 1.42 bits per heavy atom. The van der Waals surface area contributed by atoms with Crippen LogP contribution in [0.1, 0.15) is 23.6 Å². The number of sulfonamides is 1. The Labute approximate surface area is 145 Å². The van der Waals surface area contributed by atoms with Gasteiger partial charge in [0.15, 0.2) is 0 Å². The molecule has 130 valence electrons. The molecule has 0 aliphatic rings. The van der Waals surface area contributed by atoms with Crippen molar-refractivity contribution in [2.45, 2.75) is 31.3 Å². The molecule has 0 fully saturated rings. The van der Waals surface area contributed by atoms with Gasteiger partial charge < -0.3 is 0 Å². The van der Waals surface area contributed by atoms with Crippen molar-refractivity contribution in [1.29, 1.82) is 0 Å². The summed E-state index contributed by atoms with van der Waals surface area (Å²) in [5, 5.41) is 0. The molecule has 0 saturated heterocycles. The van der Waals surface area contributed by atoms with Gasteiger partial charge in [-0.3, -0.25) is 4.90 Å². The number of nitrogens with zero attached hydrogens (tertiary/aromatic N) is 2.